The third-order valence-corrected chi connectivity index (χ3v) is 4.20. The molecular formula is C12H21ClN2S. The average molecular weight is 261 g/mol. The molecule has 16 heavy (non-hydrogen) atoms. The lowest BCUT2D eigenvalue weighted by atomic mass is 9.91. The van der Waals surface area contributed by atoms with Gasteiger partial charge in [0.15, 0.2) is 0 Å². The van der Waals surface area contributed by atoms with Gasteiger partial charge in [-0.15, -0.1) is 23.7 Å². The molecule has 0 aliphatic carbocycles. The van der Waals surface area contributed by atoms with Crippen LogP contribution in [0.5, 0.6) is 0 Å². The van der Waals surface area contributed by atoms with Crippen LogP contribution in [0, 0.1) is 5.92 Å². The van der Waals surface area contributed by atoms with Gasteiger partial charge in [0.05, 0.1) is 0 Å². The number of hydrogen-bond donors (Lipinski definition) is 1. The summed E-state index contributed by atoms with van der Waals surface area (Å²) in [7, 11) is 0. The van der Waals surface area contributed by atoms with E-state index in [1.807, 2.05) is 11.3 Å². The highest BCUT2D eigenvalue weighted by Crippen LogP contribution is 2.21. The summed E-state index contributed by atoms with van der Waals surface area (Å²) in [6.07, 6.45) is 2.53. The zero-order valence-corrected chi connectivity index (χ0v) is 11.4. The Kier molecular flexibility index (Phi) is 5.76. The van der Waals surface area contributed by atoms with Gasteiger partial charge in [0.1, 0.15) is 0 Å². The Morgan fingerprint density at radius 3 is 2.69 bits per heavy atom. The smallest absolute Gasteiger partial charge is 0.0327 e. The highest BCUT2D eigenvalue weighted by Gasteiger charge is 2.21. The highest BCUT2D eigenvalue weighted by atomic mass is 35.5. The second-order valence-electron chi connectivity index (χ2n) is 4.55. The number of piperidine rings is 1. The van der Waals surface area contributed by atoms with Crippen LogP contribution in [0.3, 0.4) is 0 Å². The Morgan fingerprint density at radius 2 is 2.19 bits per heavy atom. The molecule has 1 aromatic heterocycles. The lowest BCUT2D eigenvalue weighted by Crippen LogP contribution is -2.39. The second-order valence-corrected chi connectivity index (χ2v) is 5.58. The first-order valence-electron chi connectivity index (χ1n) is 5.76. The Bertz CT molecular complexity index is 279. The first-order chi connectivity index (χ1) is 7.25. The number of nitrogens with two attached hydrogens (primary N) is 1. The molecule has 2 N–H and O–H groups in total. The molecule has 1 atom stereocenters. The summed E-state index contributed by atoms with van der Waals surface area (Å²) in [6.45, 7) is 5.69. The SMILES string of the molecule is CC(N)C1CCN(Cc2cccs2)CC1.Cl. The van der Waals surface area contributed by atoms with Crippen molar-refractivity contribution in [3.8, 4) is 0 Å². The maximum Gasteiger partial charge on any atom is 0.0327 e. The van der Waals surface area contributed by atoms with Gasteiger partial charge in [-0.05, 0) is 50.2 Å². The highest BCUT2D eigenvalue weighted by molar-refractivity contribution is 7.09. The lowest BCUT2D eigenvalue weighted by Gasteiger charge is -2.33. The van der Waals surface area contributed by atoms with Gasteiger partial charge in [0.25, 0.3) is 0 Å². The van der Waals surface area contributed by atoms with Gasteiger partial charge in [-0.3, -0.25) is 4.90 Å². The molecule has 1 aliphatic rings. The van der Waals surface area contributed by atoms with Gasteiger partial charge >= 0.3 is 0 Å². The third kappa shape index (κ3) is 3.74. The summed E-state index contributed by atoms with van der Waals surface area (Å²) in [4.78, 5) is 4.03. The average Bonchev–Trinajstić information content (AvgIpc) is 2.71. The molecule has 92 valence electrons. The van der Waals surface area contributed by atoms with Gasteiger partial charge in [0.2, 0.25) is 0 Å². The van der Waals surface area contributed by atoms with Crippen LogP contribution < -0.4 is 5.73 Å². The molecule has 1 unspecified atom stereocenters. The van der Waals surface area contributed by atoms with Crippen LogP contribution in [-0.2, 0) is 6.54 Å². The van der Waals surface area contributed by atoms with Crippen LogP contribution in [-0.4, -0.2) is 24.0 Å². The molecule has 2 nitrogen and oxygen atoms in total. The van der Waals surface area contributed by atoms with E-state index in [2.05, 4.69) is 29.3 Å². The van der Waals surface area contributed by atoms with Crippen LogP contribution in [0.1, 0.15) is 24.6 Å². The number of halogens is 1. The number of hydrogen-bond acceptors (Lipinski definition) is 3. The van der Waals surface area contributed by atoms with E-state index in [0.717, 1.165) is 12.5 Å². The maximum absolute atomic E-state index is 5.93. The Balaban J connectivity index is 0.00000128. The molecule has 1 fully saturated rings. The third-order valence-electron chi connectivity index (χ3n) is 3.34. The molecule has 0 spiro atoms. The van der Waals surface area contributed by atoms with Crippen LogP contribution in [0.15, 0.2) is 17.5 Å². The zero-order valence-electron chi connectivity index (χ0n) is 9.76. The molecule has 0 bridgehead atoms. The number of nitrogens with zero attached hydrogens (tertiary/aromatic N) is 1. The molecule has 0 amide bonds. The Morgan fingerprint density at radius 1 is 1.50 bits per heavy atom. The first-order valence-corrected chi connectivity index (χ1v) is 6.64. The van der Waals surface area contributed by atoms with E-state index in [0.29, 0.717) is 6.04 Å². The van der Waals surface area contributed by atoms with Crippen molar-refractivity contribution in [1.82, 2.24) is 4.90 Å². The Hall–Kier alpha value is -0.0900. The minimum atomic E-state index is 0. The molecule has 1 aromatic rings. The number of rotatable bonds is 3. The van der Waals surface area contributed by atoms with E-state index >= 15 is 0 Å². The van der Waals surface area contributed by atoms with E-state index in [9.17, 15) is 0 Å². The Labute approximate surface area is 108 Å². The molecule has 4 heteroatoms. The van der Waals surface area contributed by atoms with Crippen molar-refractivity contribution in [3.63, 3.8) is 0 Å². The maximum atomic E-state index is 5.93. The molecule has 0 saturated carbocycles. The van der Waals surface area contributed by atoms with Gasteiger partial charge in [-0.1, -0.05) is 6.07 Å². The first kappa shape index (κ1) is 14.0. The monoisotopic (exact) mass is 260 g/mol. The predicted octanol–water partition coefficient (Wildman–Crippen LogP) is 2.73. The normalized spacial score (nSPS) is 20.4. The fourth-order valence-electron chi connectivity index (χ4n) is 2.26. The lowest BCUT2D eigenvalue weighted by molar-refractivity contribution is 0.167. The van der Waals surface area contributed by atoms with Crippen molar-refractivity contribution in [2.24, 2.45) is 11.7 Å². The van der Waals surface area contributed by atoms with Gasteiger partial charge in [0, 0.05) is 17.5 Å². The molecule has 2 heterocycles. The quantitative estimate of drug-likeness (QED) is 0.906. The molecule has 0 radical (unpaired) electrons. The van der Waals surface area contributed by atoms with Crippen molar-refractivity contribution in [2.45, 2.75) is 32.4 Å². The van der Waals surface area contributed by atoms with Crippen molar-refractivity contribution < 1.29 is 0 Å². The van der Waals surface area contributed by atoms with Crippen LogP contribution in [0.2, 0.25) is 0 Å². The molecule has 2 rings (SSSR count). The largest absolute Gasteiger partial charge is 0.328 e. The van der Waals surface area contributed by atoms with Gasteiger partial charge in [-0.2, -0.15) is 0 Å². The molecule has 1 aliphatic heterocycles. The van der Waals surface area contributed by atoms with Crippen molar-refractivity contribution in [3.05, 3.63) is 22.4 Å². The van der Waals surface area contributed by atoms with Crippen LogP contribution in [0.4, 0.5) is 0 Å². The van der Waals surface area contributed by atoms with Gasteiger partial charge in [-0.25, -0.2) is 0 Å². The van der Waals surface area contributed by atoms with Crippen LogP contribution >= 0.6 is 23.7 Å². The van der Waals surface area contributed by atoms with E-state index < -0.39 is 0 Å². The van der Waals surface area contributed by atoms with Gasteiger partial charge < -0.3 is 5.73 Å². The standard InChI is InChI=1S/C12H20N2S.ClH/c1-10(13)11-4-6-14(7-5-11)9-12-3-2-8-15-12;/h2-3,8,10-11H,4-7,9,13H2,1H3;1H. The topological polar surface area (TPSA) is 29.3 Å². The summed E-state index contributed by atoms with van der Waals surface area (Å²) in [5, 5.41) is 2.16. The molecular weight excluding hydrogens is 240 g/mol. The van der Waals surface area contributed by atoms with E-state index in [-0.39, 0.29) is 12.4 Å². The summed E-state index contributed by atoms with van der Waals surface area (Å²) in [5.41, 5.74) is 5.93. The van der Waals surface area contributed by atoms with Crippen LogP contribution in [0.25, 0.3) is 0 Å². The minimum absolute atomic E-state index is 0. The van der Waals surface area contributed by atoms with Crippen molar-refractivity contribution in [2.75, 3.05) is 13.1 Å². The minimum Gasteiger partial charge on any atom is -0.328 e. The second kappa shape index (κ2) is 6.60. The van der Waals surface area contributed by atoms with Crippen molar-refractivity contribution >= 4 is 23.7 Å². The molecule has 0 aromatic carbocycles. The van der Waals surface area contributed by atoms with E-state index in [1.54, 1.807) is 0 Å². The zero-order chi connectivity index (χ0) is 10.7. The number of thiophene rings is 1. The summed E-state index contributed by atoms with van der Waals surface area (Å²) < 4.78 is 0. The van der Waals surface area contributed by atoms with E-state index in [1.165, 1.54) is 30.8 Å². The summed E-state index contributed by atoms with van der Waals surface area (Å²) in [6, 6.07) is 4.73. The fourth-order valence-corrected chi connectivity index (χ4v) is 3.01. The predicted molar refractivity (Wildman–Crippen MR) is 73.2 cm³/mol. The summed E-state index contributed by atoms with van der Waals surface area (Å²) >= 11 is 1.86. The van der Waals surface area contributed by atoms with Crippen molar-refractivity contribution in [1.29, 1.82) is 0 Å². The molecule has 1 saturated heterocycles. The fraction of sp³-hybridized carbons (Fsp3) is 0.667. The van der Waals surface area contributed by atoms with E-state index in [4.69, 9.17) is 5.73 Å². The number of likely N-dealkylation sites (tertiary alicyclic amines) is 1. The summed E-state index contributed by atoms with van der Waals surface area (Å²) in [5.74, 6) is 0.740.